The molecule has 0 spiro atoms. The quantitative estimate of drug-likeness (QED) is 0.855. The highest BCUT2D eigenvalue weighted by atomic mass is 16.2. The van der Waals surface area contributed by atoms with Crippen LogP contribution in [0.25, 0.3) is 0 Å². The Hall–Kier alpha value is -1.10. The number of carbonyl (C=O) groups is 2. The Labute approximate surface area is 146 Å². The number of piperidine rings is 1. The van der Waals surface area contributed by atoms with Crippen molar-refractivity contribution in [3.05, 3.63) is 0 Å². The van der Waals surface area contributed by atoms with Gasteiger partial charge in [0, 0.05) is 38.6 Å². The summed E-state index contributed by atoms with van der Waals surface area (Å²) in [5, 5.41) is 3.13. The van der Waals surface area contributed by atoms with Gasteiger partial charge in [-0.3, -0.25) is 9.59 Å². The van der Waals surface area contributed by atoms with Gasteiger partial charge in [-0.25, -0.2) is 0 Å². The highest BCUT2D eigenvalue weighted by Gasteiger charge is 2.32. The summed E-state index contributed by atoms with van der Waals surface area (Å²) < 4.78 is 0. The minimum absolute atomic E-state index is 0.191. The van der Waals surface area contributed by atoms with E-state index in [2.05, 4.69) is 12.2 Å². The van der Waals surface area contributed by atoms with Crippen molar-refractivity contribution in [2.45, 2.75) is 64.3 Å². The third-order valence-electron chi connectivity index (χ3n) is 6.27. The van der Waals surface area contributed by atoms with Crippen LogP contribution in [0.4, 0.5) is 0 Å². The van der Waals surface area contributed by atoms with E-state index in [0.29, 0.717) is 24.8 Å². The van der Waals surface area contributed by atoms with Crippen molar-refractivity contribution in [3.8, 4) is 0 Å². The smallest absolute Gasteiger partial charge is 0.236 e. The van der Waals surface area contributed by atoms with Crippen LogP contribution in [0, 0.1) is 11.8 Å². The molecule has 0 aromatic carbocycles. The average Bonchev–Trinajstić information content (AvgIpc) is 2.63. The molecular formula is C19H33N3O2. The molecule has 0 bridgehead atoms. The minimum atomic E-state index is 0.191. The standard InChI is InChI=1S/C19H33N3O2/c1-15(16-6-3-2-4-7-16)12-18(23)21-10-5-8-17(14-21)22-11-9-20-13-19(22)24/h15-17,20H,2-14H2,1H3. The summed E-state index contributed by atoms with van der Waals surface area (Å²) in [6.07, 6.45) is 9.37. The zero-order valence-electron chi connectivity index (χ0n) is 15.1. The van der Waals surface area contributed by atoms with Gasteiger partial charge in [-0.2, -0.15) is 0 Å². The van der Waals surface area contributed by atoms with Gasteiger partial charge in [0.2, 0.25) is 11.8 Å². The van der Waals surface area contributed by atoms with Crippen molar-refractivity contribution in [2.75, 3.05) is 32.7 Å². The molecule has 0 radical (unpaired) electrons. The van der Waals surface area contributed by atoms with Crippen LogP contribution in [0.15, 0.2) is 0 Å². The number of hydrogen-bond acceptors (Lipinski definition) is 3. The molecule has 3 aliphatic rings. The molecule has 2 unspecified atom stereocenters. The van der Waals surface area contributed by atoms with Crippen LogP contribution < -0.4 is 5.32 Å². The van der Waals surface area contributed by atoms with Gasteiger partial charge in [-0.15, -0.1) is 0 Å². The first-order valence-electron chi connectivity index (χ1n) is 9.93. The van der Waals surface area contributed by atoms with E-state index in [1.807, 2.05) is 9.80 Å². The Morgan fingerprint density at radius 3 is 2.71 bits per heavy atom. The lowest BCUT2D eigenvalue weighted by Crippen LogP contribution is -2.57. The molecule has 3 fully saturated rings. The SMILES string of the molecule is CC(CC(=O)N1CCCC(N2CCNCC2=O)C1)C1CCCCC1. The first-order valence-corrected chi connectivity index (χ1v) is 9.93. The molecule has 0 aromatic rings. The predicted octanol–water partition coefficient (Wildman–Crippen LogP) is 2.02. The van der Waals surface area contributed by atoms with Crippen LogP contribution in [0.5, 0.6) is 0 Å². The normalized spacial score (nSPS) is 28.0. The van der Waals surface area contributed by atoms with Crippen LogP contribution in [-0.4, -0.2) is 60.4 Å². The van der Waals surface area contributed by atoms with Gasteiger partial charge in [0.05, 0.1) is 6.54 Å². The zero-order chi connectivity index (χ0) is 16.9. The summed E-state index contributed by atoms with van der Waals surface area (Å²) in [6.45, 7) is 5.96. The second kappa shape index (κ2) is 8.32. The molecule has 1 saturated carbocycles. The lowest BCUT2D eigenvalue weighted by Gasteiger charge is -2.41. The first-order chi connectivity index (χ1) is 11.6. The van der Waals surface area contributed by atoms with Crippen molar-refractivity contribution in [1.29, 1.82) is 0 Å². The van der Waals surface area contributed by atoms with E-state index < -0.39 is 0 Å². The second-order valence-corrected chi connectivity index (χ2v) is 7.98. The number of nitrogens with zero attached hydrogens (tertiary/aromatic N) is 2. The van der Waals surface area contributed by atoms with Crippen molar-refractivity contribution >= 4 is 11.8 Å². The van der Waals surface area contributed by atoms with Gasteiger partial charge in [0.15, 0.2) is 0 Å². The van der Waals surface area contributed by atoms with E-state index >= 15 is 0 Å². The Kier molecular flexibility index (Phi) is 6.14. The summed E-state index contributed by atoms with van der Waals surface area (Å²) in [4.78, 5) is 28.9. The molecule has 2 heterocycles. The van der Waals surface area contributed by atoms with E-state index in [0.717, 1.165) is 44.9 Å². The van der Waals surface area contributed by atoms with Crippen molar-refractivity contribution in [3.63, 3.8) is 0 Å². The van der Waals surface area contributed by atoms with Crippen molar-refractivity contribution < 1.29 is 9.59 Å². The fourth-order valence-electron chi connectivity index (χ4n) is 4.72. The lowest BCUT2D eigenvalue weighted by atomic mass is 9.79. The molecule has 0 aromatic heterocycles. The van der Waals surface area contributed by atoms with Crippen LogP contribution in [-0.2, 0) is 9.59 Å². The molecule has 3 rings (SSSR count). The number of hydrogen-bond donors (Lipinski definition) is 1. The summed E-state index contributed by atoms with van der Waals surface area (Å²) in [5.41, 5.74) is 0. The molecule has 2 amide bonds. The van der Waals surface area contributed by atoms with Crippen molar-refractivity contribution in [2.24, 2.45) is 11.8 Å². The van der Waals surface area contributed by atoms with Gasteiger partial charge in [-0.1, -0.05) is 39.0 Å². The van der Waals surface area contributed by atoms with Crippen molar-refractivity contribution in [1.82, 2.24) is 15.1 Å². The molecule has 1 N–H and O–H groups in total. The van der Waals surface area contributed by atoms with E-state index in [1.165, 1.54) is 32.1 Å². The fourth-order valence-corrected chi connectivity index (χ4v) is 4.72. The molecular weight excluding hydrogens is 302 g/mol. The maximum atomic E-state index is 12.8. The molecule has 136 valence electrons. The highest BCUT2D eigenvalue weighted by molar-refractivity contribution is 5.80. The van der Waals surface area contributed by atoms with Crippen LogP contribution in [0.1, 0.15) is 58.3 Å². The number of amides is 2. The maximum absolute atomic E-state index is 12.8. The highest BCUT2D eigenvalue weighted by Crippen LogP contribution is 2.32. The Bertz CT molecular complexity index is 448. The largest absolute Gasteiger partial charge is 0.341 e. The number of rotatable bonds is 4. The first kappa shape index (κ1) is 17.7. The lowest BCUT2D eigenvalue weighted by molar-refractivity contribution is -0.141. The van der Waals surface area contributed by atoms with Crippen LogP contribution in [0.3, 0.4) is 0 Å². The van der Waals surface area contributed by atoms with Gasteiger partial charge in [0.1, 0.15) is 0 Å². The van der Waals surface area contributed by atoms with E-state index in [9.17, 15) is 9.59 Å². The summed E-state index contributed by atoms with van der Waals surface area (Å²) >= 11 is 0. The van der Waals surface area contributed by atoms with Gasteiger partial charge < -0.3 is 15.1 Å². The molecule has 1 aliphatic carbocycles. The van der Waals surface area contributed by atoms with E-state index in [1.54, 1.807) is 0 Å². The third-order valence-corrected chi connectivity index (χ3v) is 6.27. The fraction of sp³-hybridized carbons (Fsp3) is 0.895. The Balaban J connectivity index is 1.51. The molecule has 2 atom stereocenters. The second-order valence-electron chi connectivity index (χ2n) is 7.98. The monoisotopic (exact) mass is 335 g/mol. The number of likely N-dealkylation sites (tertiary alicyclic amines) is 1. The van der Waals surface area contributed by atoms with E-state index in [4.69, 9.17) is 0 Å². The Morgan fingerprint density at radius 2 is 1.96 bits per heavy atom. The third kappa shape index (κ3) is 4.29. The van der Waals surface area contributed by atoms with Gasteiger partial charge in [-0.05, 0) is 24.7 Å². The predicted molar refractivity (Wildman–Crippen MR) is 94.5 cm³/mol. The molecule has 5 heteroatoms. The molecule has 5 nitrogen and oxygen atoms in total. The minimum Gasteiger partial charge on any atom is -0.341 e. The topological polar surface area (TPSA) is 52.7 Å². The zero-order valence-corrected chi connectivity index (χ0v) is 15.1. The van der Waals surface area contributed by atoms with Gasteiger partial charge >= 0.3 is 0 Å². The van der Waals surface area contributed by atoms with E-state index in [-0.39, 0.29) is 11.9 Å². The van der Waals surface area contributed by atoms with Gasteiger partial charge in [0.25, 0.3) is 0 Å². The number of carbonyl (C=O) groups excluding carboxylic acids is 2. The Morgan fingerprint density at radius 1 is 1.17 bits per heavy atom. The molecule has 2 aliphatic heterocycles. The average molecular weight is 335 g/mol. The molecule has 24 heavy (non-hydrogen) atoms. The summed E-state index contributed by atoms with van der Waals surface area (Å²) in [6, 6.07) is 0.224. The van der Waals surface area contributed by atoms with Crippen LogP contribution in [0.2, 0.25) is 0 Å². The van der Waals surface area contributed by atoms with Crippen LogP contribution >= 0.6 is 0 Å². The number of piperazine rings is 1. The number of nitrogens with one attached hydrogen (secondary N) is 1. The molecule has 2 saturated heterocycles. The maximum Gasteiger partial charge on any atom is 0.236 e. The summed E-state index contributed by atoms with van der Waals surface area (Å²) in [5.74, 6) is 1.73. The summed E-state index contributed by atoms with van der Waals surface area (Å²) in [7, 11) is 0.